The molecule has 4 rings (SSSR count). The molecule has 3 aromatic rings. The van der Waals surface area contributed by atoms with Crippen molar-refractivity contribution in [1.82, 2.24) is 19.8 Å². The molecule has 1 aliphatic carbocycles. The fraction of sp³-hybridized carbons (Fsp3) is 0.440. The molecule has 0 radical (unpaired) electrons. The topological polar surface area (TPSA) is 50.2 Å². The van der Waals surface area contributed by atoms with Crippen LogP contribution in [0.1, 0.15) is 61.4 Å². The normalized spacial score (nSPS) is 19.2. The van der Waals surface area contributed by atoms with E-state index in [-0.39, 0.29) is 11.9 Å². The van der Waals surface area contributed by atoms with E-state index in [9.17, 15) is 9.18 Å². The molecule has 2 heterocycles. The Morgan fingerprint density at radius 3 is 2.65 bits per heavy atom. The van der Waals surface area contributed by atoms with Crippen molar-refractivity contribution in [2.24, 2.45) is 0 Å². The van der Waals surface area contributed by atoms with Crippen LogP contribution >= 0.6 is 0 Å². The van der Waals surface area contributed by atoms with Crippen LogP contribution in [0.25, 0.3) is 16.6 Å². The fourth-order valence-electron chi connectivity index (χ4n) is 4.63. The smallest absolute Gasteiger partial charge is 0.256 e. The van der Waals surface area contributed by atoms with Crippen LogP contribution in [-0.2, 0) is 0 Å². The van der Waals surface area contributed by atoms with Crippen molar-refractivity contribution in [1.29, 1.82) is 0 Å². The molecule has 1 aromatic carbocycles. The van der Waals surface area contributed by atoms with Crippen molar-refractivity contribution in [3.8, 4) is 5.69 Å². The van der Waals surface area contributed by atoms with Crippen LogP contribution < -0.4 is 5.32 Å². The Labute approximate surface area is 183 Å². The summed E-state index contributed by atoms with van der Waals surface area (Å²) in [5, 5.41) is 4.55. The molecule has 2 aromatic heterocycles. The summed E-state index contributed by atoms with van der Waals surface area (Å²) in [5.41, 5.74) is 3.28. The van der Waals surface area contributed by atoms with Crippen LogP contribution in [0.5, 0.6) is 0 Å². The van der Waals surface area contributed by atoms with E-state index in [1.807, 2.05) is 37.9 Å². The third-order valence-electron chi connectivity index (χ3n) is 6.76. The first-order valence-electron chi connectivity index (χ1n) is 11.1. The van der Waals surface area contributed by atoms with Gasteiger partial charge in [0.1, 0.15) is 5.82 Å². The van der Waals surface area contributed by atoms with Crippen LogP contribution in [0.2, 0.25) is 0 Å². The molecule has 1 saturated carbocycles. The van der Waals surface area contributed by atoms with E-state index in [1.54, 1.807) is 18.0 Å². The number of amides is 1. The number of carbonyl (C=O) groups excluding carboxylic acids is 1. The second-order valence-electron chi connectivity index (χ2n) is 8.86. The van der Waals surface area contributed by atoms with Gasteiger partial charge in [-0.2, -0.15) is 0 Å². The van der Waals surface area contributed by atoms with Crippen molar-refractivity contribution in [3.63, 3.8) is 0 Å². The van der Waals surface area contributed by atoms with Crippen LogP contribution in [0.15, 0.2) is 42.9 Å². The van der Waals surface area contributed by atoms with Gasteiger partial charge in [-0.3, -0.25) is 9.78 Å². The number of fused-ring (bicyclic) bond motifs is 1. The van der Waals surface area contributed by atoms with Gasteiger partial charge in [-0.1, -0.05) is 0 Å². The molecule has 0 unspecified atom stereocenters. The van der Waals surface area contributed by atoms with Gasteiger partial charge in [0.2, 0.25) is 0 Å². The van der Waals surface area contributed by atoms with Crippen molar-refractivity contribution in [2.45, 2.75) is 57.5 Å². The molecule has 1 N–H and O–H groups in total. The minimum Gasteiger partial charge on any atom is -0.339 e. The lowest BCUT2D eigenvalue weighted by molar-refractivity contribution is 0.0754. The summed E-state index contributed by atoms with van der Waals surface area (Å²) in [6.07, 6.45) is 10.3. The molecule has 0 spiro atoms. The Kier molecular flexibility index (Phi) is 6.10. The average molecular weight is 423 g/mol. The number of nitrogens with one attached hydrogen (secondary N) is 1. The highest BCUT2D eigenvalue weighted by molar-refractivity contribution is 5.99. The van der Waals surface area contributed by atoms with Gasteiger partial charge in [0, 0.05) is 36.9 Å². The summed E-state index contributed by atoms with van der Waals surface area (Å²) in [6.45, 7) is 3.90. The quantitative estimate of drug-likeness (QED) is 0.637. The number of halogens is 1. The van der Waals surface area contributed by atoms with Crippen LogP contribution in [0.3, 0.4) is 0 Å². The Morgan fingerprint density at radius 2 is 1.97 bits per heavy atom. The van der Waals surface area contributed by atoms with Crippen LogP contribution in [-0.4, -0.2) is 46.5 Å². The number of benzene rings is 1. The van der Waals surface area contributed by atoms with Crippen molar-refractivity contribution >= 4 is 16.8 Å². The first-order chi connectivity index (χ1) is 14.9. The SMILES string of the molecule is CNC1CCC(c2cn(-c3ccc(F)cc3C(=O)N(C)C(C)C)c3cnccc23)CC1. The molecule has 0 saturated heterocycles. The van der Waals surface area contributed by atoms with Gasteiger partial charge in [-0.25, -0.2) is 4.39 Å². The molecule has 1 aliphatic rings. The zero-order chi connectivity index (χ0) is 22.1. The lowest BCUT2D eigenvalue weighted by atomic mass is 9.82. The maximum Gasteiger partial charge on any atom is 0.256 e. The highest BCUT2D eigenvalue weighted by Crippen LogP contribution is 2.38. The van der Waals surface area contributed by atoms with Crippen LogP contribution in [0.4, 0.5) is 4.39 Å². The molecule has 1 fully saturated rings. The van der Waals surface area contributed by atoms with Gasteiger partial charge < -0.3 is 14.8 Å². The fourth-order valence-corrected chi connectivity index (χ4v) is 4.63. The average Bonchev–Trinajstić information content (AvgIpc) is 3.17. The first-order valence-corrected chi connectivity index (χ1v) is 11.1. The highest BCUT2D eigenvalue weighted by Gasteiger charge is 2.26. The first kappa shape index (κ1) is 21.5. The van der Waals surface area contributed by atoms with Crippen molar-refractivity contribution < 1.29 is 9.18 Å². The number of hydrogen-bond donors (Lipinski definition) is 1. The van der Waals surface area contributed by atoms with Gasteiger partial charge in [-0.15, -0.1) is 0 Å². The van der Waals surface area contributed by atoms with E-state index in [1.165, 1.54) is 17.7 Å². The zero-order valence-corrected chi connectivity index (χ0v) is 18.7. The van der Waals surface area contributed by atoms with Crippen molar-refractivity contribution in [2.75, 3.05) is 14.1 Å². The van der Waals surface area contributed by atoms with E-state index in [0.29, 0.717) is 23.2 Å². The molecular formula is C25H31FN4O. The Hall–Kier alpha value is -2.73. The van der Waals surface area contributed by atoms with Crippen molar-refractivity contribution in [3.05, 3.63) is 59.8 Å². The monoisotopic (exact) mass is 422 g/mol. The van der Waals surface area contributed by atoms with Gasteiger partial charge >= 0.3 is 0 Å². The number of aromatic nitrogens is 2. The summed E-state index contributed by atoms with van der Waals surface area (Å²) in [5.74, 6) is -0.135. The number of rotatable bonds is 5. The number of pyridine rings is 1. The second kappa shape index (κ2) is 8.79. The number of carbonyl (C=O) groups is 1. The van der Waals surface area contributed by atoms with E-state index in [0.717, 1.165) is 36.6 Å². The Bertz CT molecular complexity index is 1080. The minimum atomic E-state index is -0.413. The summed E-state index contributed by atoms with van der Waals surface area (Å²) in [4.78, 5) is 19.1. The predicted molar refractivity (Wildman–Crippen MR) is 122 cm³/mol. The molecule has 0 bridgehead atoms. The summed E-state index contributed by atoms with van der Waals surface area (Å²) < 4.78 is 16.2. The molecule has 164 valence electrons. The second-order valence-corrected chi connectivity index (χ2v) is 8.86. The molecule has 31 heavy (non-hydrogen) atoms. The van der Waals surface area contributed by atoms with E-state index in [4.69, 9.17) is 0 Å². The molecular weight excluding hydrogens is 391 g/mol. The molecule has 0 aliphatic heterocycles. The third kappa shape index (κ3) is 4.09. The summed E-state index contributed by atoms with van der Waals surface area (Å²) in [7, 11) is 3.78. The summed E-state index contributed by atoms with van der Waals surface area (Å²) >= 11 is 0. The van der Waals surface area contributed by atoms with E-state index < -0.39 is 5.82 Å². The molecule has 5 nitrogen and oxygen atoms in total. The van der Waals surface area contributed by atoms with Gasteiger partial charge in [-0.05, 0) is 82.3 Å². The zero-order valence-electron chi connectivity index (χ0n) is 18.7. The van der Waals surface area contributed by atoms with Gasteiger partial charge in [0.25, 0.3) is 5.91 Å². The maximum absolute atomic E-state index is 14.2. The summed E-state index contributed by atoms with van der Waals surface area (Å²) in [6, 6.07) is 7.11. The highest BCUT2D eigenvalue weighted by atomic mass is 19.1. The van der Waals surface area contributed by atoms with Gasteiger partial charge in [0.05, 0.1) is 23.0 Å². The lowest BCUT2D eigenvalue weighted by Gasteiger charge is -2.28. The molecule has 0 atom stereocenters. The largest absolute Gasteiger partial charge is 0.339 e. The minimum absolute atomic E-state index is 0.0182. The van der Waals surface area contributed by atoms with E-state index in [2.05, 4.69) is 22.6 Å². The molecule has 1 amide bonds. The number of nitrogens with zero attached hydrogens (tertiary/aromatic N) is 3. The lowest BCUT2D eigenvalue weighted by Crippen LogP contribution is -2.33. The standard InChI is InChI=1S/C25H31FN4O/c1-16(2)29(4)25(31)21-13-18(26)7-10-23(21)30-15-22(20-11-12-28-14-24(20)30)17-5-8-19(27-3)9-6-17/h7,10-17,19,27H,5-6,8-9H2,1-4H3. The Morgan fingerprint density at radius 1 is 1.23 bits per heavy atom. The Balaban J connectivity index is 1.82. The molecule has 6 heteroatoms. The number of hydrogen-bond acceptors (Lipinski definition) is 3. The van der Waals surface area contributed by atoms with Crippen LogP contribution in [0, 0.1) is 5.82 Å². The predicted octanol–water partition coefficient (Wildman–Crippen LogP) is 4.89. The van der Waals surface area contributed by atoms with E-state index >= 15 is 0 Å². The van der Waals surface area contributed by atoms with Gasteiger partial charge in [0.15, 0.2) is 0 Å². The third-order valence-corrected chi connectivity index (χ3v) is 6.76. The maximum atomic E-state index is 14.2.